The Bertz CT molecular complexity index is 1370. The molecule has 1 heterocycles. The van der Waals surface area contributed by atoms with Gasteiger partial charge in [-0.1, -0.05) is 41.4 Å². The molecule has 0 unspecified atom stereocenters. The molecule has 1 aliphatic rings. The van der Waals surface area contributed by atoms with Crippen LogP contribution < -0.4 is 14.4 Å². The number of nitrogens with zero attached hydrogens (tertiary/aromatic N) is 1. The largest absolute Gasteiger partial charge is 0.490 e. The van der Waals surface area contributed by atoms with Crippen LogP contribution in [0, 0.1) is 0 Å². The van der Waals surface area contributed by atoms with Crippen LogP contribution in [-0.2, 0) is 11.4 Å². The third kappa shape index (κ3) is 5.67. The molecule has 3 aromatic carbocycles. The number of aromatic carboxylic acids is 1. The quantitative estimate of drug-likeness (QED) is 0.308. The Morgan fingerprint density at radius 3 is 2.47 bits per heavy atom. The van der Waals surface area contributed by atoms with Crippen LogP contribution in [0.2, 0.25) is 10.0 Å². The minimum atomic E-state index is -1.01. The van der Waals surface area contributed by atoms with E-state index in [2.05, 4.69) is 0 Å². The van der Waals surface area contributed by atoms with Crippen molar-refractivity contribution >= 4 is 63.8 Å². The molecule has 1 aliphatic heterocycles. The van der Waals surface area contributed by atoms with Gasteiger partial charge in [-0.3, -0.25) is 9.59 Å². The number of ether oxygens (including phenoxy) is 2. The van der Waals surface area contributed by atoms with E-state index in [1.807, 2.05) is 6.92 Å². The molecule has 0 aliphatic carbocycles. The summed E-state index contributed by atoms with van der Waals surface area (Å²) < 4.78 is 11.6. The Morgan fingerprint density at radius 2 is 1.81 bits per heavy atom. The van der Waals surface area contributed by atoms with E-state index in [0.29, 0.717) is 34.4 Å². The lowest BCUT2D eigenvalue weighted by molar-refractivity contribution is -0.113. The maximum atomic E-state index is 13.0. The van der Waals surface area contributed by atoms with Crippen LogP contribution in [0.4, 0.5) is 10.5 Å². The maximum absolute atomic E-state index is 13.0. The summed E-state index contributed by atoms with van der Waals surface area (Å²) in [6, 6.07) is 16.1. The average Bonchev–Trinajstić information content (AvgIpc) is 3.11. The molecular formula is C26H19Cl2NO6S. The standard InChI is InChI=1S/C26H19Cl2NO6S/c1-2-34-21-11-16(10-20(28)23(21)35-14-15-6-8-17(9-7-15)25(31)32)12-22-24(30)29(26(33)36-22)19-5-3-4-18(27)13-19/h3-13H,2,14H2,1H3,(H,31,32)/b22-12+. The molecule has 3 aromatic rings. The van der Waals surface area contributed by atoms with Gasteiger partial charge in [0.2, 0.25) is 0 Å². The molecule has 4 rings (SSSR count). The molecule has 184 valence electrons. The van der Waals surface area contributed by atoms with Crippen LogP contribution in [0.5, 0.6) is 11.5 Å². The molecule has 2 amide bonds. The van der Waals surface area contributed by atoms with Gasteiger partial charge in [-0.15, -0.1) is 0 Å². The van der Waals surface area contributed by atoms with Crippen LogP contribution in [0.25, 0.3) is 6.08 Å². The van der Waals surface area contributed by atoms with E-state index in [-0.39, 0.29) is 22.1 Å². The summed E-state index contributed by atoms with van der Waals surface area (Å²) in [6.07, 6.45) is 1.57. The number of thioether (sulfide) groups is 1. The van der Waals surface area contributed by atoms with Gasteiger partial charge in [0.15, 0.2) is 11.5 Å². The normalized spacial score (nSPS) is 14.4. The summed E-state index contributed by atoms with van der Waals surface area (Å²) in [5.74, 6) is -0.797. The number of anilines is 1. The van der Waals surface area contributed by atoms with Crippen molar-refractivity contribution in [2.45, 2.75) is 13.5 Å². The van der Waals surface area contributed by atoms with Gasteiger partial charge in [0.25, 0.3) is 11.1 Å². The average molecular weight is 544 g/mol. The van der Waals surface area contributed by atoms with Gasteiger partial charge >= 0.3 is 5.97 Å². The van der Waals surface area contributed by atoms with Gasteiger partial charge in [-0.2, -0.15) is 0 Å². The predicted molar refractivity (Wildman–Crippen MR) is 140 cm³/mol. The predicted octanol–water partition coefficient (Wildman–Crippen LogP) is 6.91. The Labute approximate surface area is 221 Å². The summed E-state index contributed by atoms with van der Waals surface area (Å²) in [7, 11) is 0. The van der Waals surface area contributed by atoms with E-state index in [1.165, 1.54) is 12.1 Å². The summed E-state index contributed by atoms with van der Waals surface area (Å²) in [5.41, 5.74) is 1.87. The van der Waals surface area contributed by atoms with Crippen molar-refractivity contribution in [3.05, 3.63) is 92.3 Å². The third-order valence-corrected chi connectivity index (χ3v) is 6.46. The molecule has 0 aromatic heterocycles. The van der Waals surface area contributed by atoms with E-state index >= 15 is 0 Å². The molecule has 1 saturated heterocycles. The summed E-state index contributed by atoms with van der Waals surface area (Å²) in [6.45, 7) is 2.29. The second-order valence-electron chi connectivity index (χ2n) is 7.55. The number of imide groups is 1. The number of benzene rings is 3. The van der Waals surface area contributed by atoms with Crippen LogP contribution in [0.15, 0.2) is 65.6 Å². The molecule has 36 heavy (non-hydrogen) atoms. The molecule has 0 saturated carbocycles. The van der Waals surface area contributed by atoms with E-state index in [9.17, 15) is 14.4 Å². The highest BCUT2D eigenvalue weighted by Crippen LogP contribution is 2.40. The first-order valence-corrected chi connectivity index (χ1v) is 12.3. The summed E-state index contributed by atoms with van der Waals surface area (Å²) in [4.78, 5) is 37.8. The lowest BCUT2D eigenvalue weighted by atomic mass is 10.1. The molecule has 1 fully saturated rings. The lowest BCUT2D eigenvalue weighted by Gasteiger charge is -2.15. The molecule has 1 N–H and O–H groups in total. The van der Waals surface area contributed by atoms with Crippen LogP contribution in [-0.4, -0.2) is 28.8 Å². The van der Waals surface area contributed by atoms with Crippen molar-refractivity contribution in [2.75, 3.05) is 11.5 Å². The molecular weight excluding hydrogens is 525 g/mol. The van der Waals surface area contributed by atoms with Crippen LogP contribution in [0.1, 0.15) is 28.4 Å². The monoisotopic (exact) mass is 543 g/mol. The first-order chi connectivity index (χ1) is 17.3. The number of hydrogen-bond acceptors (Lipinski definition) is 6. The molecule has 0 radical (unpaired) electrons. The van der Waals surface area contributed by atoms with Crippen molar-refractivity contribution in [3.8, 4) is 11.5 Å². The molecule has 0 bridgehead atoms. The number of carboxylic acid groups (broad SMARTS) is 1. The maximum Gasteiger partial charge on any atom is 0.335 e. The number of rotatable bonds is 8. The van der Waals surface area contributed by atoms with Crippen molar-refractivity contribution in [1.29, 1.82) is 0 Å². The van der Waals surface area contributed by atoms with Gasteiger partial charge in [-0.05, 0) is 78.4 Å². The van der Waals surface area contributed by atoms with Gasteiger partial charge in [-0.25, -0.2) is 9.69 Å². The number of amides is 2. The fourth-order valence-electron chi connectivity index (χ4n) is 3.43. The molecule has 0 spiro atoms. The Morgan fingerprint density at radius 1 is 1.06 bits per heavy atom. The first-order valence-electron chi connectivity index (χ1n) is 10.7. The summed E-state index contributed by atoms with van der Waals surface area (Å²) >= 11 is 13.3. The van der Waals surface area contributed by atoms with Gasteiger partial charge in [0, 0.05) is 5.02 Å². The highest BCUT2D eigenvalue weighted by Gasteiger charge is 2.36. The fourth-order valence-corrected chi connectivity index (χ4v) is 4.73. The second-order valence-corrected chi connectivity index (χ2v) is 9.39. The van der Waals surface area contributed by atoms with Crippen LogP contribution in [0.3, 0.4) is 0 Å². The van der Waals surface area contributed by atoms with E-state index < -0.39 is 17.1 Å². The number of hydrogen-bond donors (Lipinski definition) is 1. The lowest BCUT2D eigenvalue weighted by Crippen LogP contribution is -2.27. The van der Waals surface area contributed by atoms with Crippen molar-refractivity contribution in [1.82, 2.24) is 0 Å². The molecule has 7 nitrogen and oxygen atoms in total. The zero-order valence-electron chi connectivity index (χ0n) is 18.9. The number of halogens is 2. The first kappa shape index (κ1) is 25.6. The zero-order valence-corrected chi connectivity index (χ0v) is 21.2. The van der Waals surface area contributed by atoms with Crippen molar-refractivity contribution < 1.29 is 29.0 Å². The fraction of sp³-hybridized carbons (Fsp3) is 0.115. The SMILES string of the molecule is CCOc1cc(/C=C2/SC(=O)N(c3cccc(Cl)c3)C2=O)cc(Cl)c1OCc1ccc(C(=O)O)cc1. The molecule has 10 heteroatoms. The topological polar surface area (TPSA) is 93.1 Å². The zero-order chi connectivity index (χ0) is 25.8. The third-order valence-electron chi connectivity index (χ3n) is 5.07. The number of carbonyl (C=O) groups is 3. The second kappa shape index (κ2) is 11.1. The van der Waals surface area contributed by atoms with E-state index in [0.717, 1.165) is 22.2 Å². The highest BCUT2D eigenvalue weighted by molar-refractivity contribution is 8.19. The number of carbonyl (C=O) groups excluding carboxylic acids is 2. The van der Waals surface area contributed by atoms with Crippen molar-refractivity contribution in [3.63, 3.8) is 0 Å². The molecule has 0 atom stereocenters. The summed E-state index contributed by atoms with van der Waals surface area (Å²) in [5, 5.41) is 9.27. The number of carboxylic acids is 1. The minimum Gasteiger partial charge on any atom is -0.490 e. The Kier molecular flexibility index (Phi) is 7.88. The van der Waals surface area contributed by atoms with Gasteiger partial charge < -0.3 is 14.6 Å². The Balaban J connectivity index is 1.57. The van der Waals surface area contributed by atoms with Gasteiger partial charge in [0.05, 0.1) is 27.8 Å². The highest BCUT2D eigenvalue weighted by atomic mass is 35.5. The van der Waals surface area contributed by atoms with Gasteiger partial charge in [0.1, 0.15) is 6.61 Å². The minimum absolute atomic E-state index is 0.136. The van der Waals surface area contributed by atoms with Crippen molar-refractivity contribution in [2.24, 2.45) is 0 Å². The van der Waals surface area contributed by atoms with E-state index in [1.54, 1.807) is 54.6 Å². The smallest absolute Gasteiger partial charge is 0.335 e. The van der Waals surface area contributed by atoms with Crippen LogP contribution >= 0.6 is 35.0 Å². The Hall–Kier alpha value is -3.46. The van der Waals surface area contributed by atoms with E-state index in [4.69, 9.17) is 37.8 Å².